The van der Waals surface area contributed by atoms with Crippen LogP contribution in [0.1, 0.15) is 12.8 Å². The second kappa shape index (κ2) is 6.97. The van der Waals surface area contributed by atoms with Gasteiger partial charge in [-0.1, -0.05) is 0 Å². The lowest BCUT2D eigenvalue weighted by Gasteiger charge is -2.31. The number of sulfonamides is 1. The second-order valence-electron chi connectivity index (χ2n) is 4.97. The fraction of sp³-hybridized carbons (Fsp3) is 0.538. The van der Waals surface area contributed by atoms with Gasteiger partial charge >= 0.3 is 0 Å². The quantitative estimate of drug-likeness (QED) is 0.766. The molecule has 0 radical (unpaired) electrons. The normalized spacial score (nSPS) is 20.1. The predicted molar refractivity (Wildman–Crippen MR) is 77.8 cm³/mol. The number of rotatable bonds is 5. The Balaban J connectivity index is 2.09. The number of nitrogens with zero attached hydrogens (tertiary/aromatic N) is 2. The Morgan fingerprint density at radius 1 is 1.52 bits per heavy atom. The number of hydrogen-bond donors (Lipinski definition) is 2. The van der Waals surface area contributed by atoms with Gasteiger partial charge in [0.05, 0.1) is 5.92 Å². The molecule has 1 aliphatic rings. The van der Waals surface area contributed by atoms with Crippen molar-refractivity contribution in [1.82, 2.24) is 14.6 Å². The molecular weight excluding hydrogens is 292 g/mol. The number of carbonyl (C=O) groups excluding carboxylic acids is 1. The summed E-state index contributed by atoms with van der Waals surface area (Å²) in [6.07, 6.45) is 4.21. The first-order valence-corrected chi connectivity index (χ1v) is 8.37. The number of aromatic nitrogens is 1. The van der Waals surface area contributed by atoms with E-state index in [0.717, 1.165) is 0 Å². The first-order chi connectivity index (χ1) is 10.1. The van der Waals surface area contributed by atoms with Crippen molar-refractivity contribution in [3.63, 3.8) is 0 Å². The highest BCUT2D eigenvalue weighted by atomic mass is 32.2. The Bertz CT molecular complexity index is 576. The van der Waals surface area contributed by atoms with Crippen LogP contribution in [0.4, 0.5) is 0 Å². The predicted octanol–water partition coefficient (Wildman–Crippen LogP) is -0.443. The zero-order chi connectivity index (χ0) is 15.3. The van der Waals surface area contributed by atoms with Crippen LogP contribution >= 0.6 is 0 Å². The van der Waals surface area contributed by atoms with Gasteiger partial charge in [-0.15, -0.1) is 0 Å². The lowest BCUT2D eigenvalue weighted by molar-refractivity contribution is -0.126. The summed E-state index contributed by atoms with van der Waals surface area (Å²) >= 11 is 0. The van der Waals surface area contributed by atoms with Crippen molar-refractivity contribution in [2.24, 2.45) is 11.7 Å². The van der Waals surface area contributed by atoms with Gasteiger partial charge < -0.3 is 11.1 Å². The van der Waals surface area contributed by atoms with Crippen LogP contribution in [-0.4, -0.2) is 49.8 Å². The van der Waals surface area contributed by atoms with E-state index in [4.69, 9.17) is 5.73 Å². The summed E-state index contributed by atoms with van der Waals surface area (Å²) in [5.74, 6) is -0.455. The maximum Gasteiger partial charge on any atom is 0.244 e. The summed E-state index contributed by atoms with van der Waals surface area (Å²) in [6.45, 7) is 1.41. The van der Waals surface area contributed by atoms with Gasteiger partial charge in [0.1, 0.15) is 4.90 Å². The highest BCUT2D eigenvalue weighted by Gasteiger charge is 2.33. The maximum absolute atomic E-state index is 12.5. The van der Waals surface area contributed by atoms with Crippen LogP contribution < -0.4 is 11.1 Å². The van der Waals surface area contributed by atoms with E-state index in [0.29, 0.717) is 32.5 Å². The van der Waals surface area contributed by atoms with Crippen molar-refractivity contribution in [2.75, 3.05) is 26.2 Å². The Labute approximate surface area is 124 Å². The molecule has 0 spiro atoms. The van der Waals surface area contributed by atoms with Gasteiger partial charge in [-0.3, -0.25) is 9.78 Å². The van der Waals surface area contributed by atoms with Crippen molar-refractivity contribution in [2.45, 2.75) is 17.7 Å². The zero-order valence-electron chi connectivity index (χ0n) is 11.7. The fourth-order valence-electron chi connectivity index (χ4n) is 2.36. The topological polar surface area (TPSA) is 105 Å². The Morgan fingerprint density at radius 3 is 3.00 bits per heavy atom. The number of carbonyl (C=O) groups is 1. The van der Waals surface area contributed by atoms with Crippen LogP contribution in [0.3, 0.4) is 0 Å². The lowest BCUT2D eigenvalue weighted by Crippen LogP contribution is -2.46. The fourth-order valence-corrected chi connectivity index (χ4v) is 3.85. The third kappa shape index (κ3) is 3.78. The van der Waals surface area contributed by atoms with Crippen LogP contribution in [0, 0.1) is 5.92 Å². The molecule has 3 N–H and O–H groups in total. The summed E-state index contributed by atoms with van der Waals surface area (Å²) in [5, 5.41) is 2.72. The molecule has 1 unspecified atom stereocenters. The summed E-state index contributed by atoms with van der Waals surface area (Å²) < 4.78 is 26.4. The van der Waals surface area contributed by atoms with Crippen LogP contribution in [0.2, 0.25) is 0 Å². The Hall–Kier alpha value is -1.51. The van der Waals surface area contributed by atoms with E-state index in [-0.39, 0.29) is 23.3 Å². The molecule has 8 heteroatoms. The minimum absolute atomic E-state index is 0.133. The van der Waals surface area contributed by atoms with E-state index in [1.165, 1.54) is 22.8 Å². The third-order valence-electron chi connectivity index (χ3n) is 3.47. The molecule has 2 heterocycles. The average Bonchev–Trinajstić information content (AvgIpc) is 2.53. The maximum atomic E-state index is 12.5. The monoisotopic (exact) mass is 312 g/mol. The molecule has 2 rings (SSSR count). The molecule has 116 valence electrons. The smallest absolute Gasteiger partial charge is 0.244 e. The SMILES string of the molecule is NCCNC(=O)C1CCCN(S(=O)(=O)c2cccnc2)C1. The molecule has 1 saturated heterocycles. The first-order valence-electron chi connectivity index (χ1n) is 6.93. The molecule has 0 aromatic carbocycles. The molecule has 1 atom stereocenters. The standard InChI is InChI=1S/C13H20N4O3S/c14-5-7-16-13(18)11-3-2-8-17(10-11)21(19,20)12-4-1-6-15-9-12/h1,4,6,9,11H,2-3,5,7-8,10,14H2,(H,16,18). The van der Waals surface area contributed by atoms with E-state index in [9.17, 15) is 13.2 Å². The molecule has 1 aromatic heterocycles. The molecule has 0 aliphatic carbocycles. The van der Waals surface area contributed by atoms with Crippen LogP contribution in [0.25, 0.3) is 0 Å². The van der Waals surface area contributed by atoms with Gasteiger partial charge in [0.25, 0.3) is 0 Å². The lowest BCUT2D eigenvalue weighted by atomic mass is 9.99. The van der Waals surface area contributed by atoms with Crippen LogP contribution in [0.15, 0.2) is 29.4 Å². The van der Waals surface area contributed by atoms with Gasteiger partial charge in [-0.2, -0.15) is 4.31 Å². The van der Waals surface area contributed by atoms with E-state index in [1.807, 2.05) is 0 Å². The zero-order valence-corrected chi connectivity index (χ0v) is 12.6. The minimum Gasteiger partial charge on any atom is -0.355 e. The minimum atomic E-state index is -3.58. The van der Waals surface area contributed by atoms with Crippen molar-refractivity contribution >= 4 is 15.9 Å². The largest absolute Gasteiger partial charge is 0.355 e. The molecule has 1 aromatic rings. The highest BCUT2D eigenvalue weighted by Crippen LogP contribution is 2.23. The van der Waals surface area contributed by atoms with Crippen molar-refractivity contribution in [3.05, 3.63) is 24.5 Å². The molecular formula is C13H20N4O3S. The molecule has 0 bridgehead atoms. The average molecular weight is 312 g/mol. The number of amides is 1. The third-order valence-corrected chi connectivity index (χ3v) is 5.32. The van der Waals surface area contributed by atoms with Gasteiger partial charge in [-0.05, 0) is 25.0 Å². The number of nitrogens with two attached hydrogens (primary N) is 1. The first kappa shape index (κ1) is 15.9. The molecule has 7 nitrogen and oxygen atoms in total. The molecule has 1 aliphatic heterocycles. The number of piperidine rings is 1. The van der Waals surface area contributed by atoms with E-state index in [1.54, 1.807) is 6.07 Å². The Kier molecular flexibility index (Phi) is 5.27. The molecule has 0 saturated carbocycles. The second-order valence-corrected chi connectivity index (χ2v) is 6.91. The molecule has 1 fully saturated rings. The summed E-state index contributed by atoms with van der Waals surface area (Å²) in [5.41, 5.74) is 5.35. The number of hydrogen-bond acceptors (Lipinski definition) is 5. The van der Waals surface area contributed by atoms with Crippen molar-refractivity contribution < 1.29 is 13.2 Å². The van der Waals surface area contributed by atoms with Crippen LogP contribution in [-0.2, 0) is 14.8 Å². The highest BCUT2D eigenvalue weighted by molar-refractivity contribution is 7.89. The van der Waals surface area contributed by atoms with E-state index >= 15 is 0 Å². The van der Waals surface area contributed by atoms with Gasteiger partial charge in [0.2, 0.25) is 15.9 Å². The summed E-state index contributed by atoms with van der Waals surface area (Å²) in [7, 11) is -3.58. The summed E-state index contributed by atoms with van der Waals surface area (Å²) in [4.78, 5) is 16.0. The number of nitrogens with one attached hydrogen (secondary N) is 1. The number of pyridine rings is 1. The van der Waals surface area contributed by atoms with Gasteiger partial charge in [0.15, 0.2) is 0 Å². The van der Waals surface area contributed by atoms with E-state index in [2.05, 4.69) is 10.3 Å². The Morgan fingerprint density at radius 2 is 2.33 bits per heavy atom. The van der Waals surface area contributed by atoms with Gasteiger partial charge in [-0.25, -0.2) is 8.42 Å². The van der Waals surface area contributed by atoms with Crippen molar-refractivity contribution in [3.8, 4) is 0 Å². The van der Waals surface area contributed by atoms with Crippen LogP contribution in [0.5, 0.6) is 0 Å². The van der Waals surface area contributed by atoms with E-state index < -0.39 is 10.0 Å². The van der Waals surface area contributed by atoms with Gasteiger partial charge in [0, 0.05) is 38.6 Å². The molecule has 1 amide bonds. The summed E-state index contributed by atoms with van der Waals surface area (Å²) in [6, 6.07) is 3.10. The van der Waals surface area contributed by atoms with Crippen molar-refractivity contribution in [1.29, 1.82) is 0 Å². The molecule has 21 heavy (non-hydrogen) atoms.